The summed E-state index contributed by atoms with van der Waals surface area (Å²) in [5.74, 6) is 0.0953. The summed E-state index contributed by atoms with van der Waals surface area (Å²) in [4.78, 5) is 15.5. The molecule has 3 N–H and O–H groups in total. The number of aromatic nitrogens is 3. The van der Waals surface area contributed by atoms with E-state index in [0.717, 1.165) is 11.1 Å². The Morgan fingerprint density at radius 2 is 2.28 bits per heavy atom. The van der Waals surface area contributed by atoms with E-state index in [1.807, 2.05) is 19.9 Å². The molecule has 1 aromatic heterocycles. The van der Waals surface area contributed by atoms with Crippen LogP contribution in [0.3, 0.4) is 0 Å². The summed E-state index contributed by atoms with van der Waals surface area (Å²) in [6.07, 6.45) is 0. The van der Waals surface area contributed by atoms with E-state index in [2.05, 4.69) is 15.2 Å². The van der Waals surface area contributed by atoms with Gasteiger partial charge in [-0.15, -0.1) is 5.10 Å². The quantitative estimate of drug-likeness (QED) is 0.849. The Balaban J connectivity index is 2.43. The van der Waals surface area contributed by atoms with E-state index >= 15 is 0 Å². The van der Waals surface area contributed by atoms with Crippen LogP contribution in [0.2, 0.25) is 0 Å². The van der Waals surface area contributed by atoms with Crippen LogP contribution in [0, 0.1) is 6.92 Å². The second-order valence-corrected chi connectivity index (χ2v) is 3.74. The molecule has 2 rings (SSSR count). The second kappa shape index (κ2) is 4.87. The molecule has 0 aliphatic rings. The second-order valence-electron chi connectivity index (χ2n) is 3.74. The van der Waals surface area contributed by atoms with E-state index in [-0.39, 0.29) is 6.01 Å². The van der Waals surface area contributed by atoms with Crippen molar-refractivity contribution in [2.45, 2.75) is 13.8 Å². The highest BCUT2D eigenvalue weighted by atomic mass is 16.5. The lowest BCUT2D eigenvalue weighted by molar-refractivity contribution is 0.1000. The van der Waals surface area contributed by atoms with Gasteiger partial charge in [0.15, 0.2) is 5.82 Å². The van der Waals surface area contributed by atoms with Crippen LogP contribution >= 0.6 is 0 Å². The van der Waals surface area contributed by atoms with E-state index in [4.69, 9.17) is 10.5 Å². The first-order valence-electron chi connectivity index (χ1n) is 5.58. The fourth-order valence-corrected chi connectivity index (χ4v) is 1.72. The molecule has 2 aromatic rings. The monoisotopic (exact) mass is 246 g/mol. The van der Waals surface area contributed by atoms with E-state index in [1.54, 1.807) is 12.1 Å². The maximum atomic E-state index is 11.3. The first-order valence-corrected chi connectivity index (χ1v) is 5.58. The Morgan fingerprint density at radius 1 is 1.50 bits per heavy atom. The first-order chi connectivity index (χ1) is 8.63. The van der Waals surface area contributed by atoms with Crippen LogP contribution in [-0.4, -0.2) is 27.7 Å². The van der Waals surface area contributed by atoms with Crippen molar-refractivity contribution < 1.29 is 9.53 Å². The van der Waals surface area contributed by atoms with Gasteiger partial charge in [0.25, 0.3) is 0 Å². The summed E-state index contributed by atoms with van der Waals surface area (Å²) in [6, 6.07) is 5.57. The lowest BCUT2D eigenvalue weighted by Gasteiger charge is -2.05. The SMILES string of the molecule is CCOc1n[nH]c(-c2cccc(C(N)=O)c2C)n1. The summed E-state index contributed by atoms with van der Waals surface area (Å²) in [7, 11) is 0. The normalized spacial score (nSPS) is 10.3. The van der Waals surface area contributed by atoms with Crippen molar-refractivity contribution in [3.05, 3.63) is 29.3 Å². The Morgan fingerprint density at radius 3 is 2.94 bits per heavy atom. The van der Waals surface area contributed by atoms with Crippen LogP contribution in [0.15, 0.2) is 18.2 Å². The first kappa shape index (κ1) is 12.1. The Labute approximate surface area is 104 Å². The molecular formula is C12H14N4O2. The van der Waals surface area contributed by atoms with Crippen molar-refractivity contribution >= 4 is 5.91 Å². The molecule has 6 nitrogen and oxygen atoms in total. The minimum absolute atomic E-state index is 0.288. The van der Waals surface area contributed by atoms with Crippen molar-refractivity contribution in [1.29, 1.82) is 0 Å². The number of nitrogens with two attached hydrogens (primary N) is 1. The van der Waals surface area contributed by atoms with Crippen LogP contribution in [0.25, 0.3) is 11.4 Å². The Hall–Kier alpha value is -2.37. The minimum Gasteiger partial charge on any atom is -0.463 e. The number of hydrogen-bond donors (Lipinski definition) is 2. The minimum atomic E-state index is -0.459. The molecule has 0 fully saturated rings. The number of hydrogen-bond acceptors (Lipinski definition) is 4. The predicted molar refractivity (Wildman–Crippen MR) is 66.2 cm³/mol. The van der Waals surface area contributed by atoms with Crippen LogP contribution in [0.4, 0.5) is 0 Å². The Bertz CT molecular complexity index is 577. The molecule has 1 aromatic carbocycles. The third-order valence-corrected chi connectivity index (χ3v) is 2.59. The number of amides is 1. The average Bonchev–Trinajstić information content (AvgIpc) is 2.78. The number of aromatic amines is 1. The average molecular weight is 246 g/mol. The summed E-state index contributed by atoms with van der Waals surface area (Å²) in [5, 5.41) is 6.70. The molecule has 94 valence electrons. The number of carbonyl (C=O) groups is 1. The smallest absolute Gasteiger partial charge is 0.335 e. The number of primary amides is 1. The van der Waals surface area contributed by atoms with Crippen LogP contribution in [0.1, 0.15) is 22.8 Å². The molecule has 0 saturated carbocycles. The lowest BCUT2D eigenvalue weighted by atomic mass is 10.0. The summed E-state index contributed by atoms with van der Waals surface area (Å²) < 4.78 is 5.18. The third-order valence-electron chi connectivity index (χ3n) is 2.59. The molecule has 0 unspecified atom stereocenters. The van der Waals surface area contributed by atoms with Crippen molar-refractivity contribution in [1.82, 2.24) is 15.2 Å². The predicted octanol–water partition coefficient (Wildman–Crippen LogP) is 1.28. The molecule has 1 heterocycles. The van der Waals surface area contributed by atoms with Crippen LogP contribution in [-0.2, 0) is 0 Å². The number of benzene rings is 1. The summed E-state index contributed by atoms with van der Waals surface area (Å²) in [5.41, 5.74) is 7.33. The molecule has 1 amide bonds. The number of carbonyl (C=O) groups excluding carboxylic acids is 1. The molecule has 0 aliphatic heterocycles. The van der Waals surface area contributed by atoms with Crippen molar-refractivity contribution in [3.63, 3.8) is 0 Å². The Kier molecular flexibility index (Phi) is 3.27. The molecule has 6 heteroatoms. The van der Waals surface area contributed by atoms with Gasteiger partial charge in [-0.05, 0) is 25.5 Å². The number of ether oxygens (including phenoxy) is 1. The van der Waals surface area contributed by atoms with Gasteiger partial charge in [0.1, 0.15) is 0 Å². The van der Waals surface area contributed by atoms with E-state index in [9.17, 15) is 4.79 Å². The molecule has 0 spiro atoms. The van der Waals surface area contributed by atoms with E-state index in [1.165, 1.54) is 0 Å². The highest BCUT2D eigenvalue weighted by molar-refractivity contribution is 5.95. The lowest BCUT2D eigenvalue weighted by Crippen LogP contribution is -2.13. The maximum Gasteiger partial charge on any atom is 0.335 e. The standard InChI is InChI=1S/C12H14N4O2/c1-3-18-12-14-11(15-16-12)9-6-4-5-8(7(9)2)10(13)17/h4-6H,3H2,1-2H3,(H2,13,17)(H,14,15,16). The fourth-order valence-electron chi connectivity index (χ4n) is 1.72. The zero-order valence-electron chi connectivity index (χ0n) is 10.2. The van der Waals surface area contributed by atoms with Crippen LogP contribution < -0.4 is 10.5 Å². The molecular weight excluding hydrogens is 232 g/mol. The topological polar surface area (TPSA) is 93.9 Å². The highest BCUT2D eigenvalue weighted by Gasteiger charge is 2.13. The van der Waals surface area contributed by atoms with Crippen molar-refractivity contribution in [2.24, 2.45) is 5.73 Å². The molecule has 0 aliphatic carbocycles. The highest BCUT2D eigenvalue weighted by Crippen LogP contribution is 2.23. The zero-order valence-corrected chi connectivity index (χ0v) is 10.2. The molecule has 18 heavy (non-hydrogen) atoms. The van der Waals surface area contributed by atoms with Gasteiger partial charge in [0, 0.05) is 11.1 Å². The number of nitrogens with one attached hydrogen (secondary N) is 1. The van der Waals surface area contributed by atoms with Crippen molar-refractivity contribution in [3.8, 4) is 17.4 Å². The maximum absolute atomic E-state index is 11.3. The summed E-state index contributed by atoms with van der Waals surface area (Å²) in [6.45, 7) is 4.17. The van der Waals surface area contributed by atoms with Gasteiger partial charge < -0.3 is 10.5 Å². The van der Waals surface area contributed by atoms with Gasteiger partial charge in [-0.2, -0.15) is 4.98 Å². The van der Waals surface area contributed by atoms with E-state index < -0.39 is 5.91 Å². The van der Waals surface area contributed by atoms with Crippen LogP contribution in [0.5, 0.6) is 6.01 Å². The van der Waals surface area contributed by atoms with Gasteiger partial charge in [-0.3, -0.25) is 9.89 Å². The third kappa shape index (κ3) is 2.17. The van der Waals surface area contributed by atoms with Crippen molar-refractivity contribution in [2.75, 3.05) is 6.61 Å². The van der Waals surface area contributed by atoms with E-state index in [0.29, 0.717) is 18.0 Å². The van der Waals surface area contributed by atoms with Gasteiger partial charge >= 0.3 is 6.01 Å². The largest absolute Gasteiger partial charge is 0.463 e. The van der Waals surface area contributed by atoms with Gasteiger partial charge in [0.2, 0.25) is 5.91 Å². The number of H-pyrrole nitrogens is 1. The molecule has 0 bridgehead atoms. The molecule has 0 saturated heterocycles. The van der Waals surface area contributed by atoms with Gasteiger partial charge in [-0.25, -0.2) is 0 Å². The van der Waals surface area contributed by atoms with Gasteiger partial charge in [-0.1, -0.05) is 12.1 Å². The number of rotatable bonds is 4. The molecule has 0 atom stereocenters. The summed E-state index contributed by atoms with van der Waals surface area (Å²) >= 11 is 0. The molecule has 0 radical (unpaired) electrons. The fraction of sp³-hybridized carbons (Fsp3) is 0.250. The van der Waals surface area contributed by atoms with Gasteiger partial charge in [0.05, 0.1) is 6.61 Å². The number of nitrogens with zero attached hydrogens (tertiary/aromatic N) is 2. The zero-order chi connectivity index (χ0) is 13.1.